The summed E-state index contributed by atoms with van der Waals surface area (Å²) in [6, 6.07) is 15.3. The fourth-order valence-electron chi connectivity index (χ4n) is 2.78. The number of esters is 1. The lowest BCUT2D eigenvalue weighted by atomic mass is 9.99. The fourth-order valence-corrected chi connectivity index (χ4v) is 2.78. The van der Waals surface area contributed by atoms with Crippen LogP contribution in [0.15, 0.2) is 63.8 Å². The number of hydrogen-bond donors (Lipinski definition) is 0. The molecule has 1 heterocycles. The van der Waals surface area contributed by atoms with Crippen LogP contribution in [0, 0.1) is 0 Å². The molecule has 0 N–H and O–H groups in total. The van der Waals surface area contributed by atoms with Crippen molar-refractivity contribution in [2.75, 3.05) is 7.11 Å². The van der Waals surface area contributed by atoms with E-state index in [1.807, 2.05) is 0 Å². The van der Waals surface area contributed by atoms with Gasteiger partial charge < -0.3 is 9.15 Å². The largest absolute Gasteiger partial charge is 0.465 e. The van der Waals surface area contributed by atoms with Crippen LogP contribution in [0.2, 0.25) is 0 Å². The van der Waals surface area contributed by atoms with Crippen LogP contribution in [0.5, 0.6) is 0 Å². The maximum absolute atomic E-state index is 13.9. The molecule has 0 fully saturated rings. The number of ether oxygens (including phenoxy) is 1. The highest BCUT2D eigenvalue weighted by Gasteiger charge is 2.40. The van der Waals surface area contributed by atoms with Crippen molar-refractivity contribution in [2.24, 2.45) is 0 Å². The molecule has 26 heavy (non-hydrogen) atoms. The molecular weight excluding hydrogens is 342 g/mol. The number of alkyl halides is 2. The number of carbonyl (C=O) groups is 1. The number of halogens is 2. The second-order valence-electron chi connectivity index (χ2n) is 5.79. The number of hydrogen-bond acceptors (Lipinski definition) is 4. The van der Waals surface area contributed by atoms with Crippen molar-refractivity contribution < 1.29 is 22.7 Å². The van der Waals surface area contributed by atoms with E-state index in [1.54, 1.807) is 54.6 Å². The van der Waals surface area contributed by atoms with Crippen LogP contribution in [0.4, 0.5) is 8.78 Å². The molecule has 0 bridgehead atoms. The molecule has 0 spiro atoms. The molecule has 0 saturated carbocycles. The van der Waals surface area contributed by atoms with E-state index in [1.165, 1.54) is 0 Å². The molecule has 2 aromatic carbocycles. The molecule has 0 amide bonds. The molecule has 0 atom stereocenters. The number of fused-ring (bicyclic) bond motifs is 1. The smallest absolute Gasteiger partial charge is 0.376 e. The van der Waals surface area contributed by atoms with Crippen LogP contribution in [0.1, 0.15) is 12.2 Å². The minimum atomic E-state index is -3.66. The Kier molecular flexibility index (Phi) is 4.84. The number of aryl methyl sites for hydroxylation is 1. The van der Waals surface area contributed by atoms with E-state index in [0.29, 0.717) is 16.5 Å². The van der Waals surface area contributed by atoms with Crippen molar-refractivity contribution in [3.05, 3.63) is 70.6 Å². The van der Waals surface area contributed by atoms with Gasteiger partial charge in [0.15, 0.2) is 0 Å². The predicted octanol–water partition coefficient (Wildman–Crippen LogP) is 4.20. The van der Waals surface area contributed by atoms with E-state index in [0.717, 1.165) is 7.11 Å². The van der Waals surface area contributed by atoms with Crippen LogP contribution in [-0.4, -0.2) is 19.0 Å². The first-order chi connectivity index (χ1) is 12.4. The summed E-state index contributed by atoms with van der Waals surface area (Å²) in [6.45, 7) is 0. The zero-order chi connectivity index (χ0) is 18.7. The molecule has 0 aliphatic rings. The summed E-state index contributed by atoms with van der Waals surface area (Å²) in [6.07, 6.45) is -1.10. The molecule has 3 aromatic rings. The molecule has 0 aliphatic carbocycles. The van der Waals surface area contributed by atoms with Crippen LogP contribution in [0.3, 0.4) is 0 Å². The zero-order valence-electron chi connectivity index (χ0n) is 14.0. The Morgan fingerprint density at radius 2 is 1.73 bits per heavy atom. The highest BCUT2D eigenvalue weighted by atomic mass is 19.3. The van der Waals surface area contributed by atoms with Crippen molar-refractivity contribution in [3.8, 4) is 11.1 Å². The average Bonchev–Trinajstić information content (AvgIpc) is 2.66. The quantitative estimate of drug-likeness (QED) is 0.642. The Labute approximate surface area is 148 Å². The van der Waals surface area contributed by atoms with E-state index in [9.17, 15) is 18.4 Å². The maximum Gasteiger partial charge on any atom is 0.376 e. The SMILES string of the molecule is COC(=O)C(F)(F)CCc1oc2ccccc2c(=O)c1-c1ccccc1. The number of rotatable bonds is 5. The second-order valence-corrected chi connectivity index (χ2v) is 5.79. The van der Waals surface area contributed by atoms with Gasteiger partial charge in [-0.25, -0.2) is 4.79 Å². The molecule has 4 nitrogen and oxygen atoms in total. The first-order valence-corrected chi connectivity index (χ1v) is 8.00. The van der Waals surface area contributed by atoms with Gasteiger partial charge in [0, 0.05) is 12.8 Å². The Hall–Kier alpha value is -3.02. The zero-order valence-corrected chi connectivity index (χ0v) is 14.0. The first-order valence-electron chi connectivity index (χ1n) is 8.00. The Morgan fingerprint density at radius 1 is 1.08 bits per heavy atom. The summed E-state index contributed by atoms with van der Waals surface area (Å²) in [5.41, 5.74) is 0.816. The van der Waals surface area contributed by atoms with Gasteiger partial charge in [0.1, 0.15) is 11.3 Å². The van der Waals surface area contributed by atoms with Gasteiger partial charge in [-0.2, -0.15) is 8.78 Å². The lowest BCUT2D eigenvalue weighted by Crippen LogP contribution is -2.30. The van der Waals surface area contributed by atoms with Crippen LogP contribution in [-0.2, 0) is 16.0 Å². The molecule has 0 unspecified atom stereocenters. The van der Waals surface area contributed by atoms with Crippen LogP contribution in [0.25, 0.3) is 22.1 Å². The van der Waals surface area contributed by atoms with Crippen molar-refractivity contribution in [1.82, 2.24) is 0 Å². The van der Waals surface area contributed by atoms with E-state index in [-0.39, 0.29) is 23.2 Å². The number of carbonyl (C=O) groups excluding carboxylic acids is 1. The van der Waals surface area contributed by atoms with Gasteiger partial charge >= 0.3 is 11.9 Å². The Balaban J connectivity index is 2.11. The van der Waals surface area contributed by atoms with Crippen LogP contribution >= 0.6 is 0 Å². The molecule has 134 valence electrons. The topological polar surface area (TPSA) is 56.5 Å². The molecule has 0 radical (unpaired) electrons. The summed E-state index contributed by atoms with van der Waals surface area (Å²) >= 11 is 0. The maximum atomic E-state index is 13.9. The fraction of sp³-hybridized carbons (Fsp3) is 0.200. The molecule has 6 heteroatoms. The van der Waals surface area contributed by atoms with Crippen molar-refractivity contribution >= 4 is 16.9 Å². The van der Waals surface area contributed by atoms with E-state index < -0.39 is 18.3 Å². The molecule has 1 aromatic heterocycles. The summed E-state index contributed by atoms with van der Waals surface area (Å²) < 4.78 is 37.6. The van der Waals surface area contributed by atoms with Gasteiger partial charge in [-0.15, -0.1) is 0 Å². The summed E-state index contributed by atoms with van der Waals surface area (Å²) in [4.78, 5) is 24.1. The highest BCUT2D eigenvalue weighted by molar-refractivity contribution is 5.83. The van der Waals surface area contributed by atoms with Crippen molar-refractivity contribution in [2.45, 2.75) is 18.8 Å². The Morgan fingerprint density at radius 3 is 2.42 bits per heavy atom. The molecular formula is C20H16F2O4. The average molecular weight is 358 g/mol. The van der Waals surface area contributed by atoms with Crippen LogP contribution < -0.4 is 5.43 Å². The molecule has 0 saturated heterocycles. The normalized spacial score (nSPS) is 11.5. The first kappa shape index (κ1) is 17.8. The van der Waals surface area contributed by atoms with E-state index in [4.69, 9.17) is 4.42 Å². The number of para-hydroxylation sites is 1. The van der Waals surface area contributed by atoms with E-state index >= 15 is 0 Å². The second kappa shape index (κ2) is 7.07. The monoisotopic (exact) mass is 358 g/mol. The third-order valence-corrected chi connectivity index (χ3v) is 4.08. The number of benzene rings is 2. The summed E-state index contributed by atoms with van der Waals surface area (Å²) in [5.74, 6) is -5.15. The van der Waals surface area contributed by atoms with Gasteiger partial charge in [-0.1, -0.05) is 42.5 Å². The lowest BCUT2D eigenvalue weighted by molar-refractivity contribution is -0.169. The molecule has 0 aliphatic heterocycles. The van der Waals surface area contributed by atoms with Crippen molar-refractivity contribution in [1.29, 1.82) is 0 Å². The Bertz CT molecular complexity index is 994. The van der Waals surface area contributed by atoms with E-state index in [2.05, 4.69) is 4.74 Å². The lowest BCUT2D eigenvalue weighted by Gasteiger charge is -2.15. The van der Waals surface area contributed by atoms with Gasteiger partial charge in [0.25, 0.3) is 0 Å². The number of methoxy groups -OCH3 is 1. The van der Waals surface area contributed by atoms with Gasteiger partial charge in [0.05, 0.1) is 18.1 Å². The summed E-state index contributed by atoms with van der Waals surface area (Å²) in [5, 5.41) is 0.370. The van der Waals surface area contributed by atoms with Gasteiger partial charge in [-0.3, -0.25) is 4.79 Å². The highest BCUT2D eigenvalue weighted by Crippen LogP contribution is 2.29. The third kappa shape index (κ3) is 3.35. The predicted molar refractivity (Wildman–Crippen MR) is 93.2 cm³/mol. The summed E-state index contributed by atoms with van der Waals surface area (Å²) in [7, 11) is 0.905. The third-order valence-electron chi connectivity index (χ3n) is 4.08. The molecule has 3 rings (SSSR count). The minimum absolute atomic E-state index is 0.114. The standard InChI is InChI=1S/C20H16F2O4/c1-25-19(24)20(21,22)12-11-16-17(13-7-3-2-4-8-13)18(23)14-9-5-6-10-15(14)26-16/h2-10H,11-12H2,1H3. The van der Waals surface area contributed by atoms with Crippen molar-refractivity contribution in [3.63, 3.8) is 0 Å². The van der Waals surface area contributed by atoms with Gasteiger partial charge in [-0.05, 0) is 17.7 Å². The minimum Gasteiger partial charge on any atom is -0.465 e. The van der Waals surface area contributed by atoms with Gasteiger partial charge in [0.2, 0.25) is 5.43 Å².